The summed E-state index contributed by atoms with van der Waals surface area (Å²) in [6.07, 6.45) is 0.685. The first-order valence-corrected chi connectivity index (χ1v) is 7.74. The molecule has 4 heteroatoms. The zero-order chi connectivity index (χ0) is 16.6. The lowest BCUT2D eigenvalue weighted by molar-refractivity contribution is 0.338. The van der Waals surface area contributed by atoms with Gasteiger partial charge >= 0.3 is 0 Å². The largest absolute Gasteiger partial charge is 0.504 e. The van der Waals surface area contributed by atoms with E-state index in [4.69, 9.17) is 0 Å². The number of fused-ring (bicyclic) bond motifs is 1. The number of hydrogen-bond donors (Lipinski definition) is 2. The predicted octanol–water partition coefficient (Wildman–Crippen LogP) is 2.90. The fourth-order valence-corrected chi connectivity index (χ4v) is 3.39. The molecule has 1 atom stereocenters. The molecule has 2 aromatic carbocycles. The van der Waals surface area contributed by atoms with Gasteiger partial charge in [-0.2, -0.15) is 5.26 Å². The average molecular weight is 308 g/mol. The minimum atomic E-state index is -0.307. The van der Waals surface area contributed by atoms with Crippen molar-refractivity contribution < 1.29 is 10.2 Å². The minimum Gasteiger partial charge on any atom is -0.504 e. The van der Waals surface area contributed by atoms with Crippen LogP contribution >= 0.6 is 0 Å². The summed E-state index contributed by atoms with van der Waals surface area (Å²) in [7, 11) is 2.06. The van der Waals surface area contributed by atoms with Gasteiger partial charge in [0.15, 0.2) is 11.5 Å². The molecule has 23 heavy (non-hydrogen) atoms. The maximum atomic E-state index is 10.0. The van der Waals surface area contributed by atoms with Gasteiger partial charge in [0.25, 0.3) is 0 Å². The summed E-state index contributed by atoms with van der Waals surface area (Å²) >= 11 is 0. The van der Waals surface area contributed by atoms with Crippen LogP contribution in [0.15, 0.2) is 30.3 Å². The molecule has 2 aromatic rings. The van der Waals surface area contributed by atoms with E-state index in [-0.39, 0.29) is 23.0 Å². The number of phenols is 2. The highest BCUT2D eigenvalue weighted by Gasteiger charge is 2.27. The van der Waals surface area contributed by atoms with Crippen LogP contribution in [0.5, 0.6) is 11.5 Å². The van der Waals surface area contributed by atoms with Gasteiger partial charge in [-0.25, -0.2) is 0 Å². The molecule has 0 saturated heterocycles. The number of rotatable bonds is 1. The summed E-state index contributed by atoms with van der Waals surface area (Å²) in [5.74, 6) is -0.461. The normalized spacial score (nSPS) is 18.0. The van der Waals surface area contributed by atoms with Gasteiger partial charge in [-0.05, 0) is 43.1 Å². The van der Waals surface area contributed by atoms with Crippen LogP contribution in [0.25, 0.3) is 0 Å². The Labute approximate surface area is 136 Å². The van der Waals surface area contributed by atoms with Crippen molar-refractivity contribution in [3.8, 4) is 17.6 Å². The summed E-state index contributed by atoms with van der Waals surface area (Å²) in [4.78, 5) is 2.22. The molecule has 0 aromatic heterocycles. The van der Waals surface area contributed by atoms with E-state index in [0.717, 1.165) is 29.8 Å². The monoisotopic (exact) mass is 308 g/mol. The lowest BCUT2D eigenvalue weighted by Gasteiger charge is -2.23. The van der Waals surface area contributed by atoms with E-state index in [1.54, 1.807) is 6.07 Å². The van der Waals surface area contributed by atoms with E-state index < -0.39 is 0 Å². The molecule has 4 nitrogen and oxygen atoms in total. The van der Waals surface area contributed by atoms with Crippen LogP contribution in [-0.2, 0) is 6.42 Å². The van der Waals surface area contributed by atoms with Crippen molar-refractivity contribution in [3.63, 3.8) is 0 Å². The number of phenolic OH excluding ortho intramolecular Hbond substituents is 2. The molecule has 0 spiro atoms. The van der Waals surface area contributed by atoms with E-state index >= 15 is 0 Å². The molecule has 2 N–H and O–H groups in total. The number of nitrogens with zero attached hydrogens (tertiary/aromatic N) is 2. The van der Waals surface area contributed by atoms with Crippen molar-refractivity contribution in [3.05, 3.63) is 58.1 Å². The second-order valence-corrected chi connectivity index (χ2v) is 6.28. The van der Waals surface area contributed by atoms with E-state index in [1.807, 2.05) is 6.07 Å². The van der Waals surface area contributed by atoms with Gasteiger partial charge < -0.3 is 15.1 Å². The number of hydrogen-bond acceptors (Lipinski definition) is 4. The first kappa shape index (κ1) is 15.4. The highest BCUT2D eigenvalue weighted by Crippen LogP contribution is 2.40. The number of benzene rings is 2. The molecule has 0 bridgehead atoms. The molecule has 0 unspecified atom stereocenters. The maximum Gasteiger partial charge on any atom is 0.175 e. The van der Waals surface area contributed by atoms with Gasteiger partial charge in [0.1, 0.15) is 11.6 Å². The van der Waals surface area contributed by atoms with Gasteiger partial charge in [-0.1, -0.05) is 29.8 Å². The van der Waals surface area contributed by atoms with Crippen molar-refractivity contribution in [2.24, 2.45) is 0 Å². The first-order valence-electron chi connectivity index (χ1n) is 7.74. The minimum absolute atomic E-state index is 0.0657. The molecular formula is C19H20N2O2. The molecule has 0 aliphatic carbocycles. The van der Waals surface area contributed by atoms with E-state index in [1.165, 1.54) is 5.56 Å². The lowest BCUT2D eigenvalue weighted by Crippen LogP contribution is -2.24. The second kappa shape index (κ2) is 5.94. The molecule has 1 aliphatic heterocycles. The molecule has 0 amide bonds. The van der Waals surface area contributed by atoms with Gasteiger partial charge in [0.2, 0.25) is 0 Å². The predicted molar refractivity (Wildman–Crippen MR) is 88.7 cm³/mol. The zero-order valence-electron chi connectivity index (χ0n) is 13.4. The number of likely N-dealkylation sites (N-methyl/N-ethyl adjacent to an activating group) is 1. The molecule has 0 saturated carbocycles. The lowest BCUT2D eigenvalue weighted by atomic mass is 9.85. The van der Waals surface area contributed by atoms with Crippen LogP contribution in [0.4, 0.5) is 0 Å². The van der Waals surface area contributed by atoms with Crippen LogP contribution in [0.2, 0.25) is 0 Å². The zero-order valence-corrected chi connectivity index (χ0v) is 13.4. The third kappa shape index (κ3) is 2.76. The van der Waals surface area contributed by atoms with Crippen molar-refractivity contribution in [2.75, 3.05) is 20.1 Å². The maximum absolute atomic E-state index is 10.0. The Hall–Kier alpha value is -2.51. The summed E-state index contributed by atoms with van der Waals surface area (Å²) in [5, 5.41) is 29.5. The third-order valence-electron chi connectivity index (χ3n) is 4.59. The molecule has 1 heterocycles. The van der Waals surface area contributed by atoms with Crippen molar-refractivity contribution in [1.29, 1.82) is 5.26 Å². The van der Waals surface area contributed by atoms with E-state index in [2.05, 4.69) is 43.1 Å². The Balaban J connectivity index is 2.23. The van der Waals surface area contributed by atoms with Gasteiger partial charge in [-0.15, -0.1) is 0 Å². The van der Waals surface area contributed by atoms with Gasteiger partial charge in [0, 0.05) is 19.0 Å². The highest BCUT2D eigenvalue weighted by atomic mass is 16.3. The fraction of sp³-hybridized carbons (Fsp3) is 0.316. The third-order valence-corrected chi connectivity index (χ3v) is 4.59. The Kier molecular flexibility index (Phi) is 3.97. The molecule has 0 radical (unpaired) electrons. The Morgan fingerprint density at radius 3 is 2.74 bits per heavy atom. The molecule has 1 aliphatic rings. The van der Waals surface area contributed by atoms with Crippen LogP contribution < -0.4 is 0 Å². The van der Waals surface area contributed by atoms with Crippen molar-refractivity contribution in [1.82, 2.24) is 4.90 Å². The smallest absolute Gasteiger partial charge is 0.175 e. The summed E-state index contributed by atoms with van der Waals surface area (Å²) in [6, 6.07) is 12.0. The number of nitriles is 1. The van der Waals surface area contributed by atoms with Crippen LogP contribution in [-0.4, -0.2) is 35.3 Å². The Morgan fingerprint density at radius 2 is 2.04 bits per heavy atom. The summed E-state index contributed by atoms with van der Waals surface area (Å²) in [6.45, 7) is 3.68. The van der Waals surface area contributed by atoms with Crippen LogP contribution in [0, 0.1) is 18.3 Å². The quantitative estimate of drug-likeness (QED) is 0.795. The van der Waals surface area contributed by atoms with Crippen LogP contribution in [0.3, 0.4) is 0 Å². The second-order valence-electron chi connectivity index (χ2n) is 6.28. The highest BCUT2D eigenvalue weighted by molar-refractivity contribution is 5.61. The summed E-state index contributed by atoms with van der Waals surface area (Å²) < 4.78 is 0. The molecule has 118 valence electrons. The van der Waals surface area contributed by atoms with Gasteiger partial charge in [0.05, 0.1) is 0 Å². The number of aromatic hydroxyl groups is 2. The van der Waals surface area contributed by atoms with E-state index in [0.29, 0.717) is 6.42 Å². The standard InChI is InChI=1S/C19H20N2O2/c1-12-4-3-5-13(8-12)17-11-21(2)7-6-14-15(17)9-18(22)19(23)16(14)10-20/h3-5,8-9,17,22-23H,6-7,11H2,1-2H3/t17-/m1/s1. The van der Waals surface area contributed by atoms with E-state index in [9.17, 15) is 15.5 Å². The SMILES string of the molecule is Cc1cccc([C@H]2CN(C)CCc3c2cc(O)c(O)c3C#N)c1. The van der Waals surface area contributed by atoms with Crippen molar-refractivity contribution >= 4 is 0 Å². The topological polar surface area (TPSA) is 67.5 Å². The average Bonchev–Trinajstić information content (AvgIpc) is 2.68. The van der Waals surface area contributed by atoms with Crippen molar-refractivity contribution in [2.45, 2.75) is 19.3 Å². The molecule has 3 rings (SSSR count). The fourth-order valence-electron chi connectivity index (χ4n) is 3.39. The summed E-state index contributed by atoms with van der Waals surface area (Å²) in [5.41, 5.74) is 4.33. The number of aryl methyl sites for hydroxylation is 1. The Morgan fingerprint density at radius 1 is 1.26 bits per heavy atom. The Bertz CT molecular complexity index is 793. The first-order chi connectivity index (χ1) is 11.0. The van der Waals surface area contributed by atoms with Crippen LogP contribution in [0.1, 0.15) is 33.7 Å². The molecular weight excluding hydrogens is 288 g/mol. The van der Waals surface area contributed by atoms with Gasteiger partial charge in [-0.3, -0.25) is 0 Å². The molecule has 0 fully saturated rings.